The van der Waals surface area contributed by atoms with Crippen LogP contribution >= 0.6 is 12.4 Å². The molecule has 0 radical (unpaired) electrons. The van der Waals surface area contributed by atoms with Crippen molar-refractivity contribution in [3.8, 4) is 0 Å². The number of benzene rings is 1. The SMILES string of the molecule is Cl.O=[N+]([O-])c1ccc(S(=O)(=O)N2CCNCC2O)cc1. The number of nitro groups is 1. The molecule has 1 unspecified atom stereocenters. The fourth-order valence-corrected chi connectivity index (χ4v) is 3.30. The minimum Gasteiger partial charge on any atom is -0.376 e. The highest BCUT2D eigenvalue weighted by Crippen LogP contribution is 2.21. The van der Waals surface area contributed by atoms with Crippen LogP contribution in [-0.2, 0) is 10.0 Å². The Hall–Kier alpha value is -1.26. The Balaban J connectivity index is 0.00000200. The average molecular weight is 324 g/mol. The lowest BCUT2D eigenvalue weighted by molar-refractivity contribution is -0.384. The van der Waals surface area contributed by atoms with Crippen molar-refractivity contribution >= 4 is 28.1 Å². The second kappa shape index (κ2) is 6.46. The maximum absolute atomic E-state index is 12.2. The first-order valence-corrected chi connectivity index (χ1v) is 7.02. The molecule has 0 bridgehead atoms. The minimum absolute atomic E-state index is 0. The van der Waals surface area contributed by atoms with Crippen LogP contribution in [0.4, 0.5) is 5.69 Å². The lowest BCUT2D eigenvalue weighted by Crippen LogP contribution is -2.53. The van der Waals surface area contributed by atoms with E-state index in [1.807, 2.05) is 0 Å². The number of non-ortho nitro benzene ring substituents is 1. The Kier molecular flexibility index (Phi) is 5.42. The summed E-state index contributed by atoms with van der Waals surface area (Å²) in [5.74, 6) is 0. The Morgan fingerprint density at radius 1 is 1.35 bits per heavy atom. The van der Waals surface area contributed by atoms with E-state index in [4.69, 9.17) is 0 Å². The van der Waals surface area contributed by atoms with Gasteiger partial charge in [-0.15, -0.1) is 12.4 Å². The lowest BCUT2D eigenvalue weighted by Gasteiger charge is -2.31. The van der Waals surface area contributed by atoms with Gasteiger partial charge >= 0.3 is 0 Å². The molecule has 1 atom stereocenters. The van der Waals surface area contributed by atoms with Crippen LogP contribution in [0.5, 0.6) is 0 Å². The van der Waals surface area contributed by atoms with E-state index < -0.39 is 21.2 Å². The van der Waals surface area contributed by atoms with Gasteiger partial charge in [-0.05, 0) is 12.1 Å². The van der Waals surface area contributed by atoms with E-state index in [9.17, 15) is 23.6 Å². The third-order valence-corrected chi connectivity index (χ3v) is 4.73. The standard InChI is InChI=1S/C10H13N3O5S.ClH/c14-10-7-11-5-6-12(10)19(17,18)9-3-1-8(2-4-9)13(15)16;/h1-4,10-11,14H,5-7H2;1H. The van der Waals surface area contributed by atoms with Crippen LogP contribution in [0.25, 0.3) is 0 Å². The van der Waals surface area contributed by atoms with Crippen LogP contribution in [0.2, 0.25) is 0 Å². The summed E-state index contributed by atoms with van der Waals surface area (Å²) in [7, 11) is -3.83. The van der Waals surface area contributed by atoms with Gasteiger partial charge in [0.25, 0.3) is 5.69 Å². The molecule has 20 heavy (non-hydrogen) atoms. The highest BCUT2D eigenvalue weighted by Gasteiger charge is 2.32. The second-order valence-corrected chi connectivity index (χ2v) is 5.94. The first kappa shape index (κ1) is 16.8. The van der Waals surface area contributed by atoms with Crippen LogP contribution < -0.4 is 5.32 Å². The number of hydrogen-bond donors (Lipinski definition) is 2. The molecule has 2 rings (SSSR count). The van der Waals surface area contributed by atoms with E-state index in [0.717, 1.165) is 16.4 Å². The molecule has 0 aliphatic carbocycles. The molecular weight excluding hydrogens is 310 g/mol. The monoisotopic (exact) mass is 323 g/mol. The van der Waals surface area contributed by atoms with Crippen LogP contribution in [0.3, 0.4) is 0 Å². The second-order valence-electron chi connectivity index (χ2n) is 4.05. The molecule has 0 spiro atoms. The number of sulfonamides is 1. The van der Waals surface area contributed by atoms with Gasteiger partial charge in [0, 0.05) is 31.8 Å². The van der Waals surface area contributed by atoms with E-state index >= 15 is 0 Å². The Morgan fingerprint density at radius 3 is 2.45 bits per heavy atom. The van der Waals surface area contributed by atoms with Gasteiger partial charge in [0.2, 0.25) is 10.0 Å². The fourth-order valence-electron chi connectivity index (χ4n) is 1.83. The number of piperazine rings is 1. The van der Waals surface area contributed by atoms with Gasteiger partial charge in [-0.1, -0.05) is 0 Å². The van der Waals surface area contributed by atoms with Crippen molar-refractivity contribution in [3.05, 3.63) is 34.4 Å². The predicted octanol–water partition coefficient (Wildman–Crippen LogP) is -0.0711. The summed E-state index contributed by atoms with van der Waals surface area (Å²) in [6.45, 7) is 0.760. The molecule has 1 saturated heterocycles. The first-order chi connectivity index (χ1) is 8.93. The number of nitrogens with zero attached hydrogens (tertiary/aromatic N) is 2. The lowest BCUT2D eigenvalue weighted by atomic mass is 10.3. The zero-order valence-corrected chi connectivity index (χ0v) is 11.9. The summed E-state index contributed by atoms with van der Waals surface area (Å²) >= 11 is 0. The van der Waals surface area contributed by atoms with Gasteiger partial charge in [0.15, 0.2) is 0 Å². The predicted molar refractivity (Wildman–Crippen MR) is 73.1 cm³/mol. The number of nitrogens with one attached hydrogen (secondary N) is 1. The normalized spacial score (nSPS) is 20.1. The molecule has 8 nitrogen and oxygen atoms in total. The summed E-state index contributed by atoms with van der Waals surface area (Å²) in [5, 5.41) is 23.1. The van der Waals surface area contributed by atoms with Crippen molar-refractivity contribution < 1.29 is 18.4 Å². The molecule has 0 saturated carbocycles. The zero-order chi connectivity index (χ0) is 14.0. The molecule has 1 aliphatic heterocycles. The molecule has 1 aromatic carbocycles. The summed E-state index contributed by atoms with van der Waals surface area (Å²) in [4.78, 5) is 9.84. The van der Waals surface area contributed by atoms with Gasteiger partial charge in [-0.3, -0.25) is 10.1 Å². The number of hydrogen-bond acceptors (Lipinski definition) is 6. The van der Waals surface area contributed by atoms with Crippen LogP contribution in [0.1, 0.15) is 0 Å². The van der Waals surface area contributed by atoms with Crippen LogP contribution in [0, 0.1) is 10.1 Å². The molecule has 0 amide bonds. The summed E-state index contributed by atoms with van der Waals surface area (Å²) in [6, 6.07) is 4.59. The molecule has 1 fully saturated rings. The zero-order valence-electron chi connectivity index (χ0n) is 10.3. The largest absolute Gasteiger partial charge is 0.376 e. The van der Waals surface area contributed by atoms with Gasteiger partial charge in [0.1, 0.15) is 6.23 Å². The topological polar surface area (TPSA) is 113 Å². The number of aliphatic hydroxyl groups excluding tert-OH is 1. The van der Waals surface area contributed by atoms with E-state index in [1.165, 1.54) is 12.1 Å². The molecule has 112 valence electrons. The van der Waals surface area contributed by atoms with Crippen molar-refractivity contribution in [3.63, 3.8) is 0 Å². The van der Waals surface area contributed by atoms with E-state index in [1.54, 1.807) is 0 Å². The van der Waals surface area contributed by atoms with Crippen molar-refractivity contribution in [1.82, 2.24) is 9.62 Å². The third kappa shape index (κ3) is 3.25. The maximum atomic E-state index is 12.2. The number of nitro benzene ring substituents is 1. The number of rotatable bonds is 3. The highest BCUT2D eigenvalue weighted by atomic mass is 35.5. The average Bonchev–Trinajstić information content (AvgIpc) is 2.39. The Labute approximate surface area is 122 Å². The molecule has 1 aliphatic rings. The minimum atomic E-state index is -3.83. The smallest absolute Gasteiger partial charge is 0.269 e. The van der Waals surface area contributed by atoms with Gasteiger partial charge in [-0.25, -0.2) is 8.42 Å². The van der Waals surface area contributed by atoms with E-state index in [2.05, 4.69) is 5.32 Å². The molecule has 10 heteroatoms. The Morgan fingerprint density at radius 2 is 1.95 bits per heavy atom. The number of halogens is 1. The first-order valence-electron chi connectivity index (χ1n) is 5.58. The van der Waals surface area contributed by atoms with E-state index in [-0.39, 0.29) is 36.1 Å². The van der Waals surface area contributed by atoms with Gasteiger partial charge < -0.3 is 10.4 Å². The third-order valence-electron chi connectivity index (χ3n) is 2.82. The molecule has 0 aromatic heterocycles. The van der Waals surface area contributed by atoms with Crippen LogP contribution in [0.15, 0.2) is 29.2 Å². The molecule has 1 heterocycles. The van der Waals surface area contributed by atoms with Gasteiger partial charge in [0.05, 0.1) is 9.82 Å². The molecule has 2 N–H and O–H groups in total. The maximum Gasteiger partial charge on any atom is 0.269 e. The Bertz CT molecular complexity index is 577. The van der Waals surface area contributed by atoms with Crippen LogP contribution in [-0.4, -0.2) is 48.6 Å². The summed E-state index contributed by atoms with van der Waals surface area (Å²) < 4.78 is 25.5. The van der Waals surface area contributed by atoms with E-state index in [0.29, 0.717) is 6.54 Å². The van der Waals surface area contributed by atoms with Crippen molar-refractivity contribution in [2.24, 2.45) is 0 Å². The number of aliphatic hydroxyl groups is 1. The fraction of sp³-hybridized carbons (Fsp3) is 0.400. The quantitative estimate of drug-likeness (QED) is 0.594. The van der Waals surface area contributed by atoms with Crippen molar-refractivity contribution in [1.29, 1.82) is 0 Å². The summed E-state index contributed by atoms with van der Waals surface area (Å²) in [5.41, 5.74) is -0.181. The van der Waals surface area contributed by atoms with Crippen molar-refractivity contribution in [2.75, 3.05) is 19.6 Å². The van der Waals surface area contributed by atoms with Gasteiger partial charge in [-0.2, -0.15) is 4.31 Å². The number of β-amino-alcohol motifs (C(OH)–C–C–N with tert-alkyl or cyclic N) is 1. The highest BCUT2D eigenvalue weighted by molar-refractivity contribution is 7.89. The molecular formula is C10H14ClN3O5S. The summed E-state index contributed by atoms with van der Waals surface area (Å²) in [6.07, 6.45) is -1.13. The molecule has 1 aromatic rings. The van der Waals surface area contributed by atoms with Crippen molar-refractivity contribution in [2.45, 2.75) is 11.1 Å².